The molecule has 5 nitrogen and oxygen atoms in total. The molecule has 0 bridgehead atoms. The van der Waals surface area contributed by atoms with Crippen molar-refractivity contribution in [2.24, 2.45) is 0 Å². The van der Waals surface area contributed by atoms with Gasteiger partial charge in [-0.2, -0.15) is 0 Å². The Morgan fingerprint density at radius 1 is 0.941 bits per heavy atom. The van der Waals surface area contributed by atoms with Crippen LogP contribution >= 0.6 is 0 Å². The van der Waals surface area contributed by atoms with Crippen molar-refractivity contribution in [1.29, 1.82) is 0 Å². The third-order valence-corrected chi connectivity index (χ3v) is 5.60. The van der Waals surface area contributed by atoms with Crippen molar-refractivity contribution in [2.75, 3.05) is 0 Å². The average Bonchev–Trinajstić information content (AvgIpc) is 3.47. The molecular formula is C28H41BO5. The van der Waals surface area contributed by atoms with Crippen molar-refractivity contribution in [3.63, 3.8) is 0 Å². The van der Waals surface area contributed by atoms with E-state index in [1.165, 1.54) is 5.98 Å². The summed E-state index contributed by atoms with van der Waals surface area (Å²) in [6.07, 6.45) is 18.4. The molecule has 0 aromatic carbocycles. The van der Waals surface area contributed by atoms with Crippen molar-refractivity contribution in [3.8, 4) is 0 Å². The predicted octanol–water partition coefficient (Wildman–Crippen LogP) is 6.04. The molecule has 3 aliphatic heterocycles. The van der Waals surface area contributed by atoms with Crippen LogP contribution in [-0.2, 0) is 23.7 Å². The maximum atomic E-state index is 6.38. The molecule has 0 aromatic rings. The van der Waals surface area contributed by atoms with E-state index in [1.54, 1.807) is 0 Å². The van der Waals surface area contributed by atoms with Crippen LogP contribution in [0, 0.1) is 0 Å². The highest BCUT2D eigenvalue weighted by molar-refractivity contribution is 6.16. The van der Waals surface area contributed by atoms with E-state index in [1.807, 2.05) is 78.0 Å². The molecule has 0 aromatic heterocycles. The summed E-state index contributed by atoms with van der Waals surface area (Å²) in [5.74, 6) is 1.53. The summed E-state index contributed by atoms with van der Waals surface area (Å²) < 4.78 is 31.2. The zero-order valence-corrected chi connectivity index (χ0v) is 21.6. The van der Waals surface area contributed by atoms with E-state index in [9.17, 15) is 0 Å². The van der Waals surface area contributed by atoms with Crippen LogP contribution in [0.2, 0.25) is 0 Å². The third kappa shape index (κ3) is 6.92. The lowest BCUT2D eigenvalue weighted by molar-refractivity contribution is -0.280. The minimum Gasteiger partial charge on any atom is -0.342 e. The highest BCUT2D eigenvalue weighted by Crippen LogP contribution is 2.42. The van der Waals surface area contributed by atoms with Gasteiger partial charge in [0.2, 0.25) is 0 Å². The van der Waals surface area contributed by atoms with E-state index in [4.69, 9.17) is 31.5 Å². The Hall–Kier alpha value is -1.70. The van der Waals surface area contributed by atoms with Gasteiger partial charge in [0.15, 0.2) is 18.9 Å². The molecule has 3 fully saturated rings. The van der Waals surface area contributed by atoms with Crippen LogP contribution in [0.3, 0.4) is 0 Å². The van der Waals surface area contributed by atoms with Gasteiger partial charge in [-0.25, -0.2) is 0 Å². The van der Waals surface area contributed by atoms with Gasteiger partial charge >= 0.3 is 0 Å². The smallest absolute Gasteiger partial charge is 0.190 e. The van der Waals surface area contributed by atoms with Crippen LogP contribution in [0.15, 0.2) is 71.8 Å². The second kappa shape index (κ2) is 15.3. The standard InChI is InChI=1S/C24H29BO5.2C2H6/c1-3-5-11-16(10-4-2)22-26-18(14-9-15-25)19-20(28-22)21-24(27-19)30-23(29-21)17-12-7-6-8-13-17;2*1-2/h3-5,7,9-13,15,18-24H,6,8,14H2,1-2H3;2*1-2H3/b5-3-,10-4-,15-9+,16-11+;;. The van der Waals surface area contributed by atoms with E-state index in [0.29, 0.717) is 6.42 Å². The summed E-state index contributed by atoms with van der Waals surface area (Å²) in [7, 11) is 5.58. The van der Waals surface area contributed by atoms with Crippen LogP contribution in [0.5, 0.6) is 0 Å². The first-order valence-electron chi connectivity index (χ1n) is 12.7. The van der Waals surface area contributed by atoms with Gasteiger partial charge in [-0.05, 0) is 33.1 Å². The quantitative estimate of drug-likeness (QED) is 0.351. The Kier molecular flexibility index (Phi) is 12.9. The average molecular weight is 468 g/mol. The summed E-state index contributed by atoms with van der Waals surface area (Å²) in [5.41, 5.74) is 1.98. The van der Waals surface area contributed by atoms with Crippen molar-refractivity contribution >= 4 is 7.85 Å². The molecule has 7 atom stereocenters. The number of ether oxygens (including phenoxy) is 5. The molecule has 0 spiro atoms. The van der Waals surface area contributed by atoms with Crippen LogP contribution in [0.4, 0.5) is 0 Å². The minimum atomic E-state index is -0.520. The molecule has 0 amide bonds. The monoisotopic (exact) mass is 468 g/mol. The molecule has 4 rings (SSSR count). The summed E-state index contributed by atoms with van der Waals surface area (Å²) in [5, 5.41) is 0. The first-order valence-corrected chi connectivity index (χ1v) is 12.7. The van der Waals surface area contributed by atoms with Crippen molar-refractivity contribution in [3.05, 3.63) is 71.8 Å². The van der Waals surface area contributed by atoms with Gasteiger partial charge in [-0.3, -0.25) is 0 Å². The third-order valence-electron chi connectivity index (χ3n) is 5.60. The SMILES string of the molecule is CC.CC.[B]/C=C/CC1OC(C(/C=C\C)=C/C=C\C)OC2C1OC1OC(C3=CCCC=C3)OC12. The van der Waals surface area contributed by atoms with E-state index in [0.717, 1.165) is 24.0 Å². The molecule has 4 aliphatic rings. The molecule has 186 valence electrons. The maximum absolute atomic E-state index is 6.38. The Labute approximate surface area is 207 Å². The molecule has 34 heavy (non-hydrogen) atoms. The van der Waals surface area contributed by atoms with Gasteiger partial charge in [0.1, 0.15) is 26.2 Å². The fourth-order valence-corrected chi connectivity index (χ4v) is 4.20. The molecule has 1 aliphatic carbocycles. The minimum absolute atomic E-state index is 0.210. The van der Waals surface area contributed by atoms with Gasteiger partial charge in [-0.15, -0.1) is 5.98 Å². The van der Waals surface area contributed by atoms with Crippen LogP contribution in [0.1, 0.15) is 60.8 Å². The van der Waals surface area contributed by atoms with Gasteiger partial charge in [0.25, 0.3) is 0 Å². The number of allylic oxidation sites excluding steroid dienone is 6. The Morgan fingerprint density at radius 2 is 1.74 bits per heavy atom. The molecule has 0 N–H and O–H groups in total. The largest absolute Gasteiger partial charge is 0.342 e. The molecule has 3 saturated heterocycles. The predicted molar refractivity (Wildman–Crippen MR) is 138 cm³/mol. The van der Waals surface area contributed by atoms with Crippen molar-refractivity contribution in [1.82, 2.24) is 0 Å². The van der Waals surface area contributed by atoms with Gasteiger partial charge in [0, 0.05) is 11.1 Å². The highest BCUT2D eigenvalue weighted by atomic mass is 16.8. The summed E-state index contributed by atoms with van der Waals surface area (Å²) >= 11 is 0. The molecule has 6 heteroatoms. The van der Waals surface area contributed by atoms with E-state index in [-0.39, 0.29) is 24.4 Å². The topological polar surface area (TPSA) is 46.2 Å². The Morgan fingerprint density at radius 3 is 2.38 bits per heavy atom. The zero-order chi connectivity index (χ0) is 24.9. The van der Waals surface area contributed by atoms with Gasteiger partial charge < -0.3 is 23.7 Å². The first kappa shape index (κ1) is 28.5. The van der Waals surface area contributed by atoms with E-state index in [2.05, 4.69) is 18.2 Å². The molecule has 3 heterocycles. The lowest BCUT2D eigenvalue weighted by Crippen LogP contribution is -2.51. The van der Waals surface area contributed by atoms with Crippen LogP contribution in [0.25, 0.3) is 0 Å². The van der Waals surface area contributed by atoms with Crippen LogP contribution < -0.4 is 0 Å². The second-order valence-electron chi connectivity index (χ2n) is 7.69. The lowest BCUT2D eigenvalue weighted by Gasteiger charge is -2.39. The summed E-state index contributed by atoms with van der Waals surface area (Å²) in [6.45, 7) is 12.0. The first-order chi connectivity index (χ1) is 16.7. The second-order valence-corrected chi connectivity index (χ2v) is 7.69. The molecule has 7 unspecified atom stereocenters. The van der Waals surface area contributed by atoms with Crippen LogP contribution in [-0.4, -0.2) is 51.1 Å². The number of hydrogen-bond acceptors (Lipinski definition) is 5. The van der Waals surface area contributed by atoms with Gasteiger partial charge in [-0.1, -0.05) is 82.4 Å². The zero-order valence-electron chi connectivity index (χ0n) is 21.6. The molecular weight excluding hydrogens is 427 g/mol. The Balaban J connectivity index is 0.000000970. The summed E-state index contributed by atoms with van der Waals surface area (Å²) in [4.78, 5) is 0. The fraction of sp³-hybridized carbons (Fsp3) is 0.571. The van der Waals surface area contributed by atoms with E-state index >= 15 is 0 Å². The number of hydrogen-bond donors (Lipinski definition) is 0. The molecule has 0 saturated carbocycles. The summed E-state index contributed by atoms with van der Waals surface area (Å²) in [6, 6.07) is 0. The fourth-order valence-electron chi connectivity index (χ4n) is 4.20. The van der Waals surface area contributed by atoms with Crippen molar-refractivity contribution in [2.45, 2.75) is 104 Å². The number of fused-ring (bicyclic) bond motifs is 3. The normalized spacial score (nSPS) is 34.9. The maximum Gasteiger partial charge on any atom is 0.190 e. The number of rotatable bonds is 6. The Bertz CT molecular complexity index is 782. The van der Waals surface area contributed by atoms with E-state index < -0.39 is 18.9 Å². The molecule has 2 radical (unpaired) electrons. The highest BCUT2D eigenvalue weighted by Gasteiger charge is 2.58. The lowest BCUT2D eigenvalue weighted by atomic mass is 9.99. The van der Waals surface area contributed by atoms with Crippen molar-refractivity contribution < 1.29 is 23.7 Å². The van der Waals surface area contributed by atoms with Gasteiger partial charge in [0.05, 0.1) is 6.10 Å².